The number of ether oxygens (including phenoxy) is 1. The minimum atomic E-state index is -0.248. The van der Waals surface area contributed by atoms with Crippen LogP contribution in [0.2, 0.25) is 0 Å². The molecule has 0 saturated heterocycles. The Hall–Kier alpha value is -0.440. The number of esters is 1. The van der Waals surface area contributed by atoms with E-state index in [-0.39, 0.29) is 5.97 Å². The van der Waals surface area contributed by atoms with E-state index in [0.29, 0.717) is 17.9 Å². The van der Waals surface area contributed by atoms with Crippen molar-refractivity contribution in [1.82, 2.24) is 0 Å². The van der Waals surface area contributed by atoms with Gasteiger partial charge in [-0.1, -0.05) is 13.8 Å². The Bertz CT molecular complexity index is 106. The Kier molecular flexibility index (Phi) is 4.22. The number of carbonyl (C=O) groups is 1. The Morgan fingerprint density at radius 1 is 1.44 bits per heavy atom. The minimum Gasteiger partial charge on any atom is -0.419 e. The fourth-order valence-corrected chi connectivity index (χ4v) is 0.364. The van der Waals surface area contributed by atoms with E-state index in [1.165, 1.54) is 0 Å². The molecule has 0 fully saturated rings. The van der Waals surface area contributed by atoms with Crippen LogP contribution in [-0.2, 0) is 9.53 Å². The number of hydrogen-bond donors (Lipinski definition) is 0. The molecule has 0 unspecified atom stereocenters. The van der Waals surface area contributed by atoms with E-state index in [1.807, 2.05) is 6.92 Å². The van der Waals surface area contributed by atoms with Crippen LogP contribution in [0.15, 0.2) is 0 Å². The fraction of sp³-hybridized carbons (Fsp3) is 0.667. The molecule has 9 heavy (non-hydrogen) atoms. The smallest absolute Gasteiger partial charge is 0.311 e. The van der Waals surface area contributed by atoms with E-state index < -0.39 is 0 Å². The summed E-state index contributed by atoms with van der Waals surface area (Å²) in [5.74, 6) is -0.248. The summed E-state index contributed by atoms with van der Waals surface area (Å²) in [4.78, 5) is 10.5. The van der Waals surface area contributed by atoms with Crippen LogP contribution in [0.25, 0.3) is 0 Å². The summed E-state index contributed by atoms with van der Waals surface area (Å²) in [7, 11) is 0. The largest absolute Gasteiger partial charge is 0.419 e. The van der Waals surface area contributed by atoms with E-state index in [2.05, 4.69) is 17.0 Å². The van der Waals surface area contributed by atoms with Gasteiger partial charge in [0.15, 0.2) is 5.05 Å². The van der Waals surface area contributed by atoms with Crippen LogP contribution in [0.4, 0.5) is 0 Å². The highest BCUT2D eigenvalue weighted by atomic mass is 32.1. The molecule has 0 rings (SSSR count). The number of rotatable bonds is 2. The summed E-state index contributed by atoms with van der Waals surface area (Å²) >= 11 is 4.65. The van der Waals surface area contributed by atoms with Crippen LogP contribution in [0.1, 0.15) is 26.7 Å². The van der Waals surface area contributed by atoms with Crippen LogP contribution >= 0.6 is 12.2 Å². The molecule has 0 aromatic rings. The van der Waals surface area contributed by atoms with E-state index in [9.17, 15) is 4.79 Å². The molecule has 0 N–H and O–H groups in total. The number of carbonyl (C=O) groups excluding carboxylic acids is 1. The lowest BCUT2D eigenvalue weighted by atomic mass is 10.5. The van der Waals surface area contributed by atoms with Crippen molar-refractivity contribution in [3.05, 3.63) is 0 Å². The van der Waals surface area contributed by atoms with Crippen molar-refractivity contribution in [3.8, 4) is 0 Å². The second-order valence-electron chi connectivity index (χ2n) is 1.55. The molecule has 0 aliphatic rings. The summed E-state index contributed by atoms with van der Waals surface area (Å²) in [6, 6.07) is 0. The predicted octanol–water partition coefficient (Wildman–Crippen LogP) is 1.68. The minimum absolute atomic E-state index is 0.248. The molecule has 0 bridgehead atoms. The molecule has 0 radical (unpaired) electrons. The summed E-state index contributed by atoms with van der Waals surface area (Å²) in [5.41, 5.74) is 0. The monoisotopic (exact) mass is 146 g/mol. The normalized spacial score (nSPS) is 8.67. The first-order valence-electron chi connectivity index (χ1n) is 2.94. The van der Waals surface area contributed by atoms with Crippen LogP contribution in [0.3, 0.4) is 0 Å². The van der Waals surface area contributed by atoms with Gasteiger partial charge in [-0.15, -0.1) is 0 Å². The standard InChI is InChI=1S/C6H10O2S/c1-3-5(7)8-6(9)4-2/h3-4H2,1-2H3. The molecule has 52 valence electrons. The van der Waals surface area contributed by atoms with Crippen LogP contribution < -0.4 is 0 Å². The average molecular weight is 146 g/mol. The summed E-state index contributed by atoms with van der Waals surface area (Å²) < 4.78 is 4.64. The van der Waals surface area contributed by atoms with Gasteiger partial charge in [0.1, 0.15) is 0 Å². The van der Waals surface area contributed by atoms with Gasteiger partial charge in [0, 0.05) is 12.8 Å². The number of hydrogen-bond acceptors (Lipinski definition) is 3. The molecule has 3 heteroatoms. The first-order valence-corrected chi connectivity index (χ1v) is 3.35. The highest BCUT2D eigenvalue weighted by molar-refractivity contribution is 7.80. The molecule has 0 aliphatic heterocycles. The lowest BCUT2D eigenvalue weighted by Gasteiger charge is -1.98. The third-order valence-electron chi connectivity index (χ3n) is 0.805. The highest BCUT2D eigenvalue weighted by Crippen LogP contribution is 1.91. The molecule has 0 spiro atoms. The van der Waals surface area contributed by atoms with E-state index >= 15 is 0 Å². The van der Waals surface area contributed by atoms with E-state index in [0.717, 1.165) is 0 Å². The molecule has 0 amide bonds. The van der Waals surface area contributed by atoms with E-state index in [1.54, 1.807) is 6.92 Å². The van der Waals surface area contributed by atoms with Gasteiger partial charge in [-0.2, -0.15) is 0 Å². The Labute approximate surface area is 60.2 Å². The lowest BCUT2D eigenvalue weighted by molar-refractivity contribution is -0.135. The van der Waals surface area contributed by atoms with Gasteiger partial charge >= 0.3 is 5.97 Å². The Morgan fingerprint density at radius 2 is 2.00 bits per heavy atom. The third kappa shape index (κ3) is 4.09. The Balaban J connectivity index is 3.47. The maximum atomic E-state index is 10.5. The molecule has 0 atom stereocenters. The van der Waals surface area contributed by atoms with Crippen molar-refractivity contribution < 1.29 is 9.53 Å². The molecule has 0 aromatic heterocycles. The second kappa shape index (κ2) is 4.44. The first kappa shape index (κ1) is 8.56. The predicted molar refractivity (Wildman–Crippen MR) is 39.3 cm³/mol. The van der Waals surface area contributed by atoms with Gasteiger partial charge < -0.3 is 4.74 Å². The zero-order valence-corrected chi connectivity index (χ0v) is 6.46. The van der Waals surface area contributed by atoms with Crippen LogP contribution in [0.5, 0.6) is 0 Å². The molecular weight excluding hydrogens is 136 g/mol. The van der Waals surface area contributed by atoms with Gasteiger partial charge in [-0.05, 0) is 12.2 Å². The van der Waals surface area contributed by atoms with Gasteiger partial charge in [0.05, 0.1) is 0 Å². The fourth-order valence-electron chi connectivity index (χ4n) is 0.271. The quantitative estimate of drug-likeness (QED) is 0.438. The maximum Gasteiger partial charge on any atom is 0.311 e. The molecule has 0 heterocycles. The topological polar surface area (TPSA) is 26.3 Å². The van der Waals surface area contributed by atoms with E-state index in [4.69, 9.17) is 0 Å². The summed E-state index contributed by atoms with van der Waals surface area (Å²) in [6.45, 7) is 3.59. The molecule has 0 aromatic carbocycles. The van der Waals surface area contributed by atoms with Gasteiger partial charge in [-0.25, -0.2) is 0 Å². The van der Waals surface area contributed by atoms with Crippen molar-refractivity contribution in [3.63, 3.8) is 0 Å². The van der Waals surface area contributed by atoms with Crippen molar-refractivity contribution in [2.24, 2.45) is 0 Å². The summed E-state index contributed by atoms with van der Waals surface area (Å²) in [5, 5.41) is 0.377. The highest BCUT2D eigenvalue weighted by Gasteiger charge is 1.99. The molecule has 0 aliphatic carbocycles. The second-order valence-corrected chi connectivity index (χ2v) is 2.01. The SMILES string of the molecule is CCC(=O)OC(=S)CC. The zero-order valence-electron chi connectivity index (χ0n) is 5.64. The molecule has 2 nitrogen and oxygen atoms in total. The van der Waals surface area contributed by atoms with Crippen LogP contribution in [0, 0.1) is 0 Å². The number of thiocarbonyl (C=S) groups is 1. The average Bonchev–Trinajstić information content (AvgIpc) is 1.87. The van der Waals surface area contributed by atoms with Crippen molar-refractivity contribution in [1.29, 1.82) is 0 Å². The first-order chi connectivity index (χ1) is 4.20. The molecular formula is C6H10O2S. The Morgan fingerprint density at radius 3 is 2.33 bits per heavy atom. The summed E-state index contributed by atoms with van der Waals surface area (Å²) in [6.07, 6.45) is 1.02. The molecule has 0 saturated carbocycles. The van der Waals surface area contributed by atoms with Gasteiger partial charge in [-0.3, -0.25) is 4.79 Å². The van der Waals surface area contributed by atoms with Crippen molar-refractivity contribution in [2.45, 2.75) is 26.7 Å². The van der Waals surface area contributed by atoms with Gasteiger partial charge in [0.2, 0.25) is 0 Å². The van der Waals surface area contributed by atoms with Crippen LogP contribution in [-0.4, -0.2) is 11.0 Å². The van der Waals surface area contributed by atoms with Gasteiger partial charge in [0.25, 0.3) is 0 Å². The van der Waals surface area contributed by atoms with Crippen molar-refractivity contribution in [2.75, 3.05) is 0 Å². The zero-order chi connectivity index (χ0) is 7.28. The maximum absolute atomic E-state index is 10.5. The lowest BCUT2D eigenvalue weighted by Crippen LogP contribution is -2.07. The van der Waals surface area contributed by atoms with Crippen molar-refractivity contribution >= 4 is 23.2 Å². The third-order valence-corrected chi connectivity index (χ3v) is 1.18.